The molecule has 1 fully saturated rings. The Morgan fingerprint density at radius 2 is 1.38 bits per heavy atom. The van der Waals surface area contributed by atoms with Crippen LogP contribution in [0.2, 0.25) is 0 Å². The first-order valence-corrected chi connectivity index (χ1v) is 10.5. The number of nitrogens with zero attached hydrogens (tertiary/aromatic N) is 1. The van der Waals surface area contributed by atoms with E-state index in [1.54, 1.807) is 0 Å². The van der Waals surface area contributed by atoms with E-state index in [4.69, 9.17) is 0 Å². The first-order chi connectivity index (χ1) is 11.3. The van der Waals surface area contributed by atoms with Gasteiger partial charge in [0.25, 0.3) is 0 Å². The maximum Gasteiger partial charge on any atom is 0.207 e. The van der Waals surface area contributed by atoms with Crippen LogP contribution < -0.4 is 10.6 Å². The monoisotopic (exact) mass is 341 g/mol. The largest absolute Gasteiger partial charge is 0.296 e. The van der Waals surface area contributed by atoms with Crippen molar-refractivity contribution < 1.29 is 4.57 Å². The second-order valence-electron chi connectivity index (χ2n) is 8.09. The third-order valence-corrected chi connectivity index (χ3v) is 8.22. The number of hydrogen-bond donors (Lipinski definition) is 0. The van der Waals surface area contributed by atoms with Crippen molar-refractivity contribution in [3.05, 3.63) is 60.7 Å². The maximum absolute atomic E-state index is 14.5. The second kappa shape index (κ2) is 6.50. The molecule has 0 unspecified atom stereocenters. The van der Waals surface area contributed by atoms with Crippen LogP contribution in [0.1, 0.15) is 34.1 Å². The highest BCUT2D eigenvalue weighted by atomic mass is 31.2. The Kier molecular flexibility index (Phi) is 4.73. The summed E-state index contributed by atoms with van der Waals surface area (Å²) in [4.78, 5) is 0. The van der Waals surface area contributed by atoms with Crippen LogP contribution in [0.25, 0.3) is 0 Å². The summed E-state index contributed by atoms with van der Waals surface area (Å²) in [6.07, 6.45) is 1.10. The van der Waals surface area contributed by atoms with Gasteiger partial charge in [-0.15, -0.1) is 0 Å². The van der Waals surface area contributed by atoms with Gasteiger partial charge in [-0.2, -0.15) is 0 Å². The lowest BCUT2D eigenvalue weighted by molar-refractivity contribution is 0.217. The van der Waals surface area contributed by atoms with Crippen molar-refractivity contribution in [1.29, 1.82) is 0 Å². The quantitative estimate of drug-likeness (QED) is 0.756. The number of rotatable bonds is 3. The molecule has 0 aliphatic carbocycles. The molecule has 2 atom stereocenters. The predicted octanol–water partition coefficient (Wildman–Crippen LogP) is 4.67. The van der Waals surface area contributed by atoms with Crippen LogP contribution in [-0.4, -0.2) is 17.3 Å². The summed E-state index contributed by atoms with van der Waals surface area (Å²) in [5.74, 6) is 0.565. The molecule has 0 N–H and O–H groups in total. The molecule has 3 heteroatoms. The number of benzene rings is 2. The molecule has 24 heavy (non-hydrogen) atoms. The van der Waals surface area contributed by atoms with Gasteiger partial charge in [-0.25, -0.2) is 4.67 Å². The first kappa shape index (κ1) is 17.5. The Morgan fingerprint density at radius 3 is 1.79 bits per heavy atom. The Morgan fingerprint density at radius 1 is 0.917 bits per heavy atom. The van der Waals surface area contributed by atoms with E-state index in [0.29, 0.717) is 12.0 Å². The van der Waals surface area contributed by atoms with Crippen molar-refractivity contribution in [3.63, 3.8) is 0 Å². The van der Waals surface area contributed by atoms with Crippen molar-refractivity contribution in [2.45, 2.75) is 40.2 Å². The van der Waals surface area contributed by atoms with E-state index in [1.807, 2.05) is 60.7 Å². The van der Waals surface area contributed by atoms with Crippen LogP contribution in [0.5, 0.6) is 0 Å². The van der Waals surface area contributed by atoms with Crippen molar-refractivity contribution in [3.8, 4) is 0 Å². The van der Waals surface area contributed by atoms with Crippen LogP contribution in [0.3, 0.4) is 0 Å². The van der Waals surface area contributed by atoms with Gasteiger partial charge in [0.1, 0.15) is 0 Å². The molecule has 1 aliphatic heterocycles. The summed E-state index contributed by atoms with van der Waals surface area (Å²) in [5, 5.41) is 1.89. The Bertz CT molecular complexity index is 677. The van der Waals surface area contributed by atoms with E-state index >= 15 is 0 Å². The fourth-order valence-electron chi connectivity index (χ4n) is 3.84. The molecule has 2 aromatic carbocycles. The third-order valence-electron chi connectivity index (χ3n) is 5.06. The van der Waals surface area contributed by atoms with Crippen LogP contribution in [-0.2, 0) is 4.57 Å². The molecule has 2 aromatic rings. The highest BCUT2D eigenvalue weighted by molar-refractivity contribution is 7.76. The molecule has 0 radical (unpaired) electrons. The van der Waals surface area contributed by atoms with Crippen LogP contribution >= 0.6 is 7.29 Å². The van der Waals surface area contributed by atoms with Gasteiger partial charge in [0.05, 0.1) is 0 Å². The van der Waals surface area contributed by atoms with Crippen molar-refractivity contribution in [2.75, 3.05) is 6.54 Å². The third kappa shape index (κ3) is 3.10. The molecular weight excluding hydrogens is 313 g/mol. The van der Waals surface area contributed by atoms with E-state index in [-0.39, 0.29) is 5.41 Å². The molecule has 3 rings (SSSR count). The molecular formula is C21H28NOP. The van der Waals surface area contributed by atoms with Gasteiger partial charge in [-0.3, -0.25) is 4.57 Å². The molecule has 1 saturated heterocycles. The number of hydrogen-bond acceptors (Lipinski definition) is 1. The molecule has 0 aromatic heterocycles. The average molecular weight is 341 g/mol. The molecule has 0 spiro atoms. The van der Waals surface area contributed by atoms with Crippen LogP contribution in [0.4, 0.5) is 0 Å². The Balaban J connectivity index is 2.17. The summed E-state index contributed by atoms with van der Waals surface area (Å²) in [6, 6.07) is 20.4. The van der Waals surface area contributed by atoms with E-state index in [0.717, 1.165) is 23.6 Å². The highest BCUT2D eigenvalue weighted by Crippen LogP contribution is 2.55. The molecule has 1 aliphatic rings. The fraction of sp³-hybridized carbons (Fsp3) is 0.429. The van der Waals surface area contributed by atoms with Crippen molar-refractivity contribution >= 4 is 17.9 Å². The summed E-state index contributed by atoms with van der Waals surface area (Å²) >= 11 is 0. The van der Waals surface area contributed by atoms with E-state index in [1.165, 1.54) is 0 Å². The van der Waals surface area contributed by atoms with Gasteiger partial charge in [0, 0.05) is 23.2 Å². The smallest absolute Gasteiger partial charge is 0.207 e. The second-order valence-corrected chi connectivity index (χ2v) is 10.8. The fourth-order valence-corrected chi connectivity index (χ4v) is 7.23. The van der Waals surface area contributed by atoms with E-state index < -0.39 is 7.29 Å². The highest BCUT2D eigenvalue weighted by Gasteiger charge is 2.47. The zero-order valence-corrected chi connectivity index (χ0v) is 16.0. The molecule has 1 heterocycles. The van der Waals surface area contributed by atoms with Crippen molar-refractivity contribution in [2.24, 2.45) is 11.3 Å². The van der Waals surface area contributed by atoms with Gasteiger partial charge in [-0.05, 0) is 42.0 Å². The van der Waals surface area contributed by atoms with E-state index in [2.05, 4.69) is 32.4 Å². The lowest BCUT2D eigenvalue weighted by Crippen LogP contribution is -2.42. The Hall–Kier alpha value is -1.37. The topological polar surface area (TPSA) is 20.3 Å². The molecule has 0 saturated carbocycles. The van der Waals surface area contributed by atoms with Gasteiger partial charge in [0.15, 0.2) is 0 Å². The van der Waals surface area contributed by atoms with E-state index in [9.17, 15) is 4.57 Å². The van der Waals surface area contributed by atoms with Crippen LogP contribution in [0.15, 0.2) is 60.7 Å². The zero-order valence-electron chi connectivity index (χ0n) is 15.1. The Labute approximate surface area is 146 Å². The average Bonchev–Trinajstić information content (AvgIpc) is 2.98. The lowest BCUT2D eigenvalue weighted by atomic mass is 9.85. The summed E-state index contributed by atoms with van der Waals surface area (Å²) in [5.41, 5.74) is 0.101. The first-order valence-electron chi connectivity index (χ1n) is 8.82. The lowest BCUT2D eigenvalue weighted by Gasteiger charge is -2.40. The van der Waals surface area contributed by atoms with Crippen molar-refractivity contribution in [1.82, 2.24) is 4.67 Å². The molecule has 2 nitrogen and oxygen atoms in total. The van der Waals surface area contributed by atoms with Gasteiger partial charge < -0.3 is 0 Å². The SMILES string of the molecule is C[C@@H]1C[C@@H](C(C)(C)C)N(P(=O)(c2ccccc2)c2ccccc2)C1. The van der Waals surface area contributed by atoms with Gasteiger partial charge in [-0.1, -0.05) is 64.1 Å². The summed E-state index contributed by atoms with van der Waals surface area (Å²) in [6.45, 7) is 9.97. The zero-order chi connectivity index (χ0) is 17.4. The molecule has 0 amide bonds. The summed E-state index contributed by atoms with van der Waals surface area (Å²) in [7, 11) is -2.83. The van der Waals surface area contributed by atoms with Crippen LogP contribution in [0, 0.1) is 11.3 Å². The maximum atomic E-state index is 14.5. The molecule has 0 bridgehead atoms. The predicted molar refractivity (Wildman–Crippen MR) is 103 cm³/mol. The molecule has 128 valence electrons. The van der Waals surface area contributed by atoms with Gasteiger partial charge in [0.2, 0.25) is 7.29 Å². The normalized spacial score (nSPS) is 22.7. The standard InChI is InChI=1S/C21H28NOP/c1-17-15-20(21(2,3)4)22(16-17)24(23,18-11-7-5-8-12-18)19-13-9-6-10-14-19/h5-14,17,20H,15-16H2,1-4H3/t17-,20+/m1/s1. The summed E-state index contributed by atoms with van der Waals surface area (Å²) < 4.78 is 16.9. The minimum atomic E-state index is -2.83. The minimum Gasteiger partial charge on any atom is -0.296 e. The minimum absolute atomic E-state index is 0.101. The van der Waals surface area contributed by atoms with Gasteiger partial charge >= 0.3 is 0 Å².